The molecule has 16 heavy (non-hydrogen) atoms. The summed E-state index contributed by atoms with van der Waals surface area (Å²) in [4.78, 5) is 28.4. The van der Waals surface area contributed by atoms with E-state index in [9.17, 15) is 9.59 Å². The molecule has 6 nitrogen and oxygen atoms in total. The Morgan fingerprint density at radius 1 is 1.56 bits per heavy atom. The Hall–Kier alpha value is -1.69. The number of hydrogen-bond donors (Lipinski definition) is 1. The first-order chi connectivity index (χ1) is 7.65. The van der Waals surface area contributed by atoms with Gasteiger partial charge in [-0.15, -0.1) is 0 Å². The minimum atomic E-state index is -0.344. The van der Waals surface area contributed by atoms with Gasteiger partial charge in [0.1, 0.15) is 6.04 Å². The van der Waals surface area contributed by atoms with E-state index >= 15 is 0 Å². The first kappa shape index (κ1) is 10.8. The molecule has 0 saturated carbocycles. The molecule has 0 aromatic carbocycles. The number of likely N-dealkylation sites (tertiary alicyclic amines) is 1. The zero-order chi connectivity index (χ0) is 11.7. The van der Waals surface area contributed by atoms with Gasteiger partial charge in [0.2, 0.25) is 5.91 Å². The van der Waals surface area contributed by atoms with E-state index in [0.717, 1.165) is 5.69 Å². The fraction of sp³-hybridized carbons (Fsp3) is 0.500. The smallest absolute Gasteiger partial charge is 0.252 e. The molecule has 1 aliphatic heterocycles. The van der Waals surface area contributed by atoms with Crippen LogP contribution in [0.25, 0.3) is 0 Å². The van der Waals surface area contributed by atoms with E-state index in [4.69, 9.17) is 5.73 Å². The normalized spacial score (nSPS) is 21.6. The van der Waals surface area contributed by atoms with Crippen molar-refractivity contribution in [2.45, 2.75) is 25.4 Å². The van der Waals surface area contributed by atoms with Crippen LogP contribution in [0.15, 0.2) is 12.5 Å². The van der Waals surface area contributed by atoms with Gasteiger partial charge in [-0.05, 0) is 6.42 Å². The SMILES string of the molecule is CN1C(=O)CCC(n2cncc2CN)C1=O. The largest absolute Gasteiger partial charge is 0.325 e. The molecule has 1 aliphatic rings. The molecule has 1 atom stereocenters. The molecule has 86 valence electrons. The van der Waals surface area contributed by atoms with Gasteiger partial charge in [0.25, 0.3) is 5.91 Å². The summed E-state index contributed by atoms with van der Waals surface area (Å²) in [5.41, 5.74) is 6.36. The van der Waals surface area contributed by atoms with Gasteiger partial charge in [0.15, 0.2) is 0 Å². The molecule has 2 N–H and O–H groups in total. The number of likely N-dealkylation sites (N-methyl/N-ethyl adjacent to an activating group) is 1. The van der Waals surface area contributed by atoms with Crippen LogP contribution in [-0.2, 0) is 16.1 Å². The molecule has 0 spiro atoms. The van der Waals surface area contributed by atoms with Crippen LogP contribution in [0.2, 0.25) is 0 Å². The number of hydrogen-bond acceptors (Lipinski definition) is 4. The summed E-state index contributed by atoms with van der Waals surface area (Å²) >= 11 is 0. The summed E-state index contributed by atoms with van der Waals surface area (Å²) in [7, 11) is 1.51. The first-order valence-corrected chi connectivity index (χ1v) is 5.16. The van der Waals surface area contributed by atoms with Crippen LogP contribution < -0.4 is 5.73 Å². The highest BCUT2D eigenvalue weighted by atomic mass is 16.2. The lowest BCUT2D eigenvalue weighted by molar-refractivity contribution is -0.149. The zero-order valence-electron chi connectivity index (χ0n) is 9.09. The van der Waals surface area contributed by atoms with Crippen LogP contribution >= 0.6 is 0 Å². The molecule has 0 radical (unpaired) electrons. The van der Waals surface area contributed by atoms with Gasteiger partial charge in [-0.2, -0.15) is 0 Å². The molecule has 1 aromatic heterocycles. The Labute approximate surface area is 93.0 Å². The van der Waals surface area contributed by atoms with Crippen molar-refractivity contribution in [1.29, 1.82) is 0 Å². The van der Waals surface area contributed by atoms with Gasteiger partial charge in [0.05, 0.1) is 12.0 Å². The van der Waals surface area contributed by atoms with E-state index in [1.165, 1.54) is 11.9 Å². The Morgan fingerprint density at radius 2 is 2.31 bits per heavy atom. The number of carbonyl (C=O) groups is 2. The molecule has 6 heteroatoms. The number of piperidine rings is 1. The summed E-state index contributed by atoms with van der Waals surface area (Å²) in [5.74, 6) is -0.320. The lowest BCUT2D eigenvalue weighted by atomic mass is 10.0. The molecule has 0 aliphatic carbocycles. The van der Waals surface area contributed by atoms with Gasteiger partial charge >= 0.3 is 0 Å². The predicted octanol–water partition coefficient (Wildman–Crippen LogP) is -0.338. The van der Waals surface area contributed by atoms with Gasteiger partial charge in [-0.25, -0.2) is 4.98 Å². The number of nitrogens with two attached hydrogens (primary N) is 1. The van der Waals surface area contributed by atoms with Crippen molar-refractivity contribution in [1.82, 2.24) is 14.5 Å². The second-order valence-electron chi connectivity index (χ2n) is 3.84. The Bertz CT molecular complexity index is 426. The number of amides is 2. The molecule has 2 rings (SSSR count). The first-order valence-electron chi connectivity index (χ1n) is 5.16. The minimum absolute atomic E-state index is 0.129. The fourth-order valence-electron chi connectivity index (χ4n) is 1.93. The topological polar surface area (TPSA) is 81.2 Å². The average Bonchev–Trinajstić information content (AvgIpc) is 2.74. The number of rotatable bonds is 2. The highest BCUT2D eigenvalue weighted by Crippen LogP contribution is 2.23. The third-order valence-electron chi connectivity index (χ3n) is 2.91. The van der Waals surface area contributed by atoms with Gasteiger partial charge < -0.3 is 10.3 Å². The van der Waals surface area contributed by atoms with Crippen molar-refractivity contribution in [3.05, 3.63) is 18.2 Å². The van der Waals surface area contributed by atoms with E-state index in [0.29, 0.717) is 19.4 Å². The molecule has 1 fully saturated rings. The summed E-state index contributed by atoms with van der Waals surface area (Å²) in [6.45, 7) is 0.335. The van der Waals surface area contributed by atoms with Gasteiger partial charge in [-0.3, -0.25) is 14.5 Å². The second-order valence-corrected chi connectivity index (χ2v) is 3.84. The van der Waals surface area contributed by atoms with Crippen LogP contribution in [0.3, 0.4) is 0 Å². The lowest BCUT2D eigenvalue weighted by Crippen LogP contribution is -2.43. The van der Waals surface area contributed by atoms with Crippen LogP contribution in [-0.4, -0.2) is 33.3 Å². The maximum Gasteiger partial charge on any atom is 0.252 e. The van der Waals surface area contributed by atoms with Crippen LogP contribution in [0, 0.1) is 0 Å². The Balaban J connectivity index is 2.28. The number of nitrogens with zero attached hydrogens (tertiary/aromatic N) is 3. The summed E-state index contributed by atoms with van der Waals surface area (Å²) in [5, 5.41) is 0. The fourth-order valence-corrected chi connectivity index (χ4v) is 1.93. The second kappa shape index (κ2) is 4.05. The molecule has 1 unspecified atom stereocenters. The van der Waals surface area contributed by atoms with Crippen LogP contribution in [0.5, 0.6) is 0 Å². The quantitative estimate of drug-likeness (QED) is 0.694. The van der Waals surface area contributed by atoms with Crippen molar-refractivity contribution < 1.29 is 9.59 Å². The van der Waals surface area contributed by atoms with Crippen LogP contribution in [0.1, 0.15) is 24.6 Å². The van der Waals surface area contributed by atoms with E-state index < -0.39 is 0 Å². The van der Waals surface area contributed by atoms with E-state index in [-0.39, 0.29) is 17.9 Å². The van der Waals surface area contributed by atoms with E-state index in [1.54, 1.807) is 17.1 Å². The van der Waals surface area contributed by atoms with E-state index in [2.05, 4.69) is 4.98 Å². The van der Waals surface area contributed by atoms with Gasteiger partial charge in [0, 0.05) is 26.2 Å². The monoisotopic (exact) mass is 222 g/mol. The van der Waals surface area contributed by atoms with Crippen LogP contribution in [0.4, 0.5) is 0 Å². The van der Waals surface area contributed by atoms with Crippen molar-refractivity contribution >= 4 is 11.8 Å². The van der Waals surface area contributed by atoms with Crippen molar-refractivity contribution in [3.8, 4) is 0 Å². The minimum Gasteiger partial charge on any atom is -0.325 e. The third-order valence-corrected chi connectivity index (χ3v) is 2.91. The molecular formula is C10H14N4O2. The summed E-state index contributed by atoms with van der Waals surface area (Å²) in [6, 6.07) is -0.344. The van der Waals surface area contributed by atoms with Gasteiger partial charge in [-0.1, -0.05) is 0 Å². The Kier molecular flexibility index (Phi) is 2.74. The van der Waals surface area contributed by atoms with Crippen molar-refractivity contribution in [2.24, 2.45) is 5.73 Å². The Morgan fingerprint density at radius 3 is 3.00 bits per heavy atom. The maximum absolute atomic E-state index is 11.9. The average molecular weight is 222 g/mol. The molecule has 1 saturated heterocycles. The van der Waals surface area contributed by atoms with E-state index in [1.807, 2.05) is 0 Å². The number of carbonyl (C=O) groups excluding carboxylic acids is 2. The van der Waals surface area contributed by atoms with Crippen molar-refractivity contribution in [2.75, 3.05) is 7.05 Å². The molecular weight excluding hydrogens is 208 g/mol. The molecule has 2 amide bonds. The number of aromatic nitrogens is 2. The predicted molar refractivity (Wildman–Crippen MR) is 56.2 cm³/mol. The molecule has 0 bridgehead atoms. The number of imide groups is 1. The standard InChI is InChI=1S/C10H14N4O2/c1-13-9(15)3-2-8(10(13)16)14-6-12-5-7(14)4-11/h5-6,8H,2-4,11H2,1H3. The number of imidazole rings is 1. The van der Waals surface area contributed by atoms with Crippen molar-refractivity contribution in [3.63, 3.8) is 0 Å². The summed E-state index contributed by atoms with van der Waals surface area (Å²) in [6.07, 6.45) is 4.14. The lowest BCUT2D eigenvalue weighted by Gasteiger charge is -2.29. The molecule has 2 heterocycles. The summed E-state index contributed by atoms with van der Waals surface area (Å²) < 4.78 is 1.76. The highest BCUT2D eigenvalue weighted by Gasteiger charge is 2.33. The zero-order valence-corrected chi connectivity index (χ0v) is 9.09. The highest BCUT2D eigenvalue weighted by molar-refractivity contribution is 5.99. The molecule has 1 aromatic rings. The third kappa shape index (κ3) is 1.61. The maximum atomic E-state index is 11.9.